The van der Waals surface area contributed by atoms with E-state index in [1.54, 1.807) is 6.26 Å². The van der Waals surface area contributed by atoms with Crippen molar-refractivity contribution in [1.82, 2.24) is 15.1 Å². The van der Waals surface area contributed by atoms with Crippen LogP contribution in [0, 0.1) is 0 Å². The maximum atomic E-state index is 5.89. The van der Waals surface area contributed by atoms with Gasteiger partial charge >= 0.3 is 0 Å². The lowest BCUT2D eigenvalue weighted by Crippen LogP contribution is -2.40. The highest BCUT2D eigenvalue weighted by Crippen LogP contribution is 2.31. The molecule has 0 N–H and O–H groups in total. The second-order valence-electron chi connectivity index (χ2n) is 5.96. The van der Waals surface area contributed by atoms with Gasteiger partial charge in [-0.1, -0.05) is 13.8 Å². The molecule has 114 valence electrons. The highest BCUT2D eigenvalue weighted by molar-refractivity contribution is 5.55. The fourth-order valence-corrected chi connectivity index (χ4v) is 2.72. The summed E-state index contributed by atoms with van der Waals surface area (Å²) in [6, 6.07) is 1.86. The smallest absolute Gasteiger partial charge is 0.251 e. The first kappa shape index (κ1) is 14.3. The first-order valence-electron chi connectivity index (χ1n) is 7.29. The number of aromatic nitrogens is 2. The average Bonchev–Trinajstić information content (AvgIpc) is 3.06. The van der Waals surface area contributed by atoms with E-state index in [0.29, 0.717) is 11.8 Å². The van der Waals surface area contributed by atoms with Gasteiger partial charge in [-0.2, -0.15) is 0 Å². The van der Waals surface area contributed by atoms with Gasteiger partial charge in [0.1, 0.15) is 11.9 Å². The van der Waals surface area contributed by atoms with Crippen LogP contribution in [-0.4, -0.2) is 41.3 Å². The zero-order chi connectivity index (χ0) is 15.0. The quantitative estimate of drug-likeness (QED) is 0.866. The van der Waals surface area contributed by atoms with Gasteiger partial charge in [-0.05, 0) is 20.0 Å². The summed E-state index contributed by atoms with van der Waals surface area (Å²) in [5.74, 6) is 2.15. The van der Waals surface area contributed by atoms with Crippen LogP contribution in [-0.2, 0) is 4.74 Å². The predicted molar refractivity (Wildman–Crippen MR) is 76.9 cm³/mol. The van der Waals surface area contributed by atoms with Crippen LogP contribution in [0.1, 0.15) is 44.4 Å². The molecule has 6 heteroatoms. The van der Waals surface area contributed by atoms with Crippen molar-refractivity contribution in [3.05, 3.63) is 24.0 Å². The number of hydrogen-bond acceptors (Lipinski definition) is 6. The fourth-order valence-electron chi connectivity index (χ4n) is 2.72. The lowest BCUT2D eigenvalue weighted by Gasteiger charge is -2.32. The normalized spacial score (nSPS) is 23.9. The van der Waals surface area contributed by atoms with Gasteiger partial charge in [0.05, 0.1) is 17.9 Å². The topological polar surface area (TPSA) is 64.5 Å². The molecule has 0 spiro atoms. The molecule has 6 nitrogen and oxygen atoms in total. The van der Waals surface area contributed by atoms with E-state index in [4.69, 9.17) is 13.6 Å². The largest absolute Gasteiger partial charge is 0.468 e. The number of hydrogen-bond donors (Lipinski definition) is 0. The van der Waals surface area contributed by atoms with Gasteiger partial charge < -0.3 is 18.5 Å². The van der Waals surface area contributed by atoms with E-state index < -0.39 is 0 Å². The van der Waals surface area contributed by atoms with Gasteiger partial charge in [-0.25, -0.2) is 0 Å². The van der Waals surface area contributed by atoms with Crippen LogP contribution in [0.4, 0.5) is 0 Å². The number of ether oxygens (including phenoxy) is 1. The third-order valence-corrected chi connectivity index (χ3v) is 3.61. The van der Waals surface area contributed by atoms with Crippen molar-refractivity contribution in [3.8, 4) is 11.5 Å². The highest BCUT2D eigenvalue weighted by atomic mass is 16.5. The van der Waals surface area contributed by atoms with E-state index in [2.05, 4.69) is 36.0 Å². The highest BCUT2D eigenvalue weighted by Gasteiger charge is 2.29. The minimum Gasteiger partial charge on any atom is -0.468 e. The van der Waals surface area contributed by atoms with Crippen LogP contribution in [0.3, 0.4) is 0 Å². The molecule has 0 unspecified atom stereocenters. The van der Waals surface area contributed by atoms with Gasteiger partial charge in [0.15, 0.2) is 0 Å². The number of morpholine rings is 1. The van der Waals surface area contributed by atoms with Crippen molar-refractivity contribution < 1.29 is 13.6 Å². The van der Waals surface area contributed by atoms with E-state index in [1.807, 2.05) is 13.0 Å². The van der Waals surface area contributed by atoms with E-state index >= 15 is 0 Å². The van der Waals surface area contributed by atoms with Crippen molar-refractivity contribution in [1.29, 1.82) is 0 Å². The molecule has 0 aromatic carbocycles. The van der Waals surface area contributed by atoms with Crippen molar-refractivity contribution in [2.24, 2.45) is 0 Å². The van der Waals surface area contributed by atoms with Crippen LogP contribution < -0.4 is 0 Å². The molecule has 0 radical (unpaired) electrons. The molecule has 1 fully saturated rings. The van der Waals surface area contributed by atoms with Gasteiger partial charge in [0.2, 0.25) is 5.89 Å². The van der Waals surface area contributed by atoms with Crippen LogP contribution in [0.15, 0.2) is 21.2 Å². The average molecular weight is 291 g/mol. The Morgan fingerprint density at radius 1 is 1.29 bits per heavy atom. The molecule has 1 aliphatic rings. The Hall–Kier alpha value is -1.66. The molecule has 0 saturated carbocycles. The molecule has 0 amide bonds. The Morgan fingerprint density at radius 3 is 2.81 bits per heavy atom. The maximum Gasteiger partial charge on any atom is 0.251 e. The predicted octanol–water partition coefficient (Wildman–Crippen LogP) is 2.84. The second kappa shape index (κ2) is 5.61. The molecule has 1 saturated heterocycles. The fraction of sp³-hybridized carbons (Fsp3) is 0.600. The van der Waals surface area contributed by atoms with Gasteiger partial charge in [-0.15, -0.1) is 10.2 Å². The summed E-state index contributed by atoms with van der Waals surface area (Å²) in [4.78, 5) is 2.21. The molecule has 2 aromatic rings. The van der Waals surface area contributed by atoms with E-state index in [1.165, 1.54) is 0 Å². The number of furan rings is 1. The minimum atomic E-state index is -0.172. The lowest BCUT2D eigenvalue weighted by molar-refractivity contribution is -0.0821. The van der Waals surface area contributed by atoms with Gasteiger partial charge in [0.25, 0.3) is 5.89 Å². The number of likely N-dealkylation sites (N-methyl/N-ethyl adjacent to an activating group) is 1. The summed E-state index contributed by atoms with van der Waals surface area (Å²) < 4.78 is 17.2. The van der Waals surface area contributed by atoms with Crippen LogP contribution in [0.2, 0.25) is 0 Å². The Kier molecular flexibility index (Phi) is 3.82. The third-order valence-electron chi connectivity index (χ3n) is 3.61. The van der Waals surface area contributed by atoms with Crippen molar-refractivity contribution >= 4 is 0 Å². The van der Waals surface area contributed by atoms with E-state index in [-0.39, 0.29) is 18.1 Å². The third kappa shape index (κ3) is 2.87. The van der Waals surface area contributed by atoms with Crippen molar-refractivity contribution in [2.45, 2.75) is 38.9 Å². The summed E-state index contributed by atoms with van der Waals surface area (Å²) in [6.45, 7) is 7.86. The van der Waals surface area contributed by atoms with Crippen LogP contribution >= 0.6 is 0 Å². The molecule has 2 aromatic heterocycles. The first-order chi connectivity index (χ1) is 10.0. The van der Waals surface area contributed by atoms with E-state index in [0.717, 1.165) is 24.4 Å². The molecule has 3 heterocycles. The van der Waals surface area contributed by atoms with Gasteiger partial charge in [0, 0.05) is 19.0 Å². The zero-order valence-electron chi connectivity index (χ0n) is 12.9. The van der Waals surface area contributed by atoms with Crippen LogP contribution in [0.5, 0.6) is 0 Å². The summed E-state index contributed by atoms with van der Waals surface area (Å²) in [5, 5.41) is 8.31. The van der Waals surface area contributed by atoms with Gasteiger partial charge in [-0.3, -0.25) is 0 Å². The monoisotopic (exact) mass is 291 g/mol. The maximum absolute atomic E-state index is 5.89. The van der Waals surface area contributed by atoms with E-state index in [9.17, 15) is 0 Å². The molecule has 3 rings (SSSR count). The zero-order valence-corrected chi connectivity index (χ0v) is 12.9. The SMILES string of the molecule is CC(C)c1occc1-c1nnc([C@H]2CN(C)C[C@@H](C)O2)o1. The standard InChI is InChI=1S/C15H21N3O3/c1-9(2)13-11(5-6-19-13)14-16-17-15(21-14)12-8-18(4)7-10(3)20-12/h5-6,9-10,12H,7-8H2,1-4H3/t10-,12-/m1/s1. The Morgan fingerprint density at radius 2 is 2.10 bits per heavy atom. The van der Waals surface area contributed by atoms with Crippen molar-refractivity contribution in [2.75, 3.05) is 20.1 Å². The Labute approximate surface area is 124 Å². The molecular formula is C15H21N3O3. The molecule has 1 aliphatic heterocycles. The number of nitrogens with zero attached hydrogens (tertiary/aromatic N) is 3. The second-order valence-corrected chi connectivity index (χ2v) is 5.96. The Balaban J connectivity index is 1.84. The Bertz CT molecular complexity index is 595. The molecule has 0 bridgehead atoms. The van der Waals surface area contributed by atoms with Crippen LogP contribution in [0.25, 0.3) is 11.5 Å². The molecular weight excluding hydrogens is 270 g/mol. The number of rotatable bonds is 3. The summed E-state index contributed by atoms with van der Waals surface area (Å²) in [5.41, 5.74) is 0.862. The minimum absolute atomic E-state index is 0.157. The van der Waals surface area contributed by atoms with Crippen molar-refractivity contribution in [3.63, 3.8) is 0 Å². The summed E-state index contributed by atoms with van der Waals surface area (Å²) in [6.07, 6.45) is 1.64. The lowest BCUT2D eigenvalue weighted by atomic mass is 10.1. The molecule has 21 heavy (non-hydrogen) atoms. The molecule has 0 aliphatic carbocycles. The first-order valence-corrected chi connectivity index (χ1v) is 7.29. The summed E-state index contributed by atoms with van der Waals surface area (Å²) in [7, 11) is 2.07. The summed E-state index contributed by atoms with van der Waals surface area (Å²) >= 11 is 0. The molecule has 2 atom stereocenters.